The van der Waals surface area contributed by atoms with E-state index in [-0.39, 0.29) is 32.2 Å². The molecule has 8 rings (SSSR count). The van der Waals surface area contributed by atoms with Crippen LogP contribution in [0.25, 0.3) is 72.4 Å². The van der Waals surface area contributed by atoms with Crippen LogP contribution in [0.1, 0.15) is 31.9 Å². The van der Waals surface area contributed by atoms with Gasteiger partial charge >= 0.3 is 0 Å². The summed E-state index contributed by atoms with van der Waals surface area (Å²) < 4.78 is 2.24. The number of fused-ring (bicyclic) bond motifs is 2. The van der Waals surface area contributed by atoms with Crippen LogP contribution in [0.2, 0.25) is 0 Å². The molecule has 0 fully saturated rings. The normalized spacial score (nSPS) is 11.5. The van der Waals surface area contributed by atoms with Crippen LogP contribution in [-0.2, 0) is 26.5 Å². The second-order valence-electron chi connectivity index (χ2n) is 13.7. The minimum Gasteiger partial charge on any atom is -0.507 e. The zero-order valence-corrected chi connectivity index (χ0v) is 30.7. The number of benzene rings is 6. The Bertz CT molecular complexity index is 2510. The first-order valence-corrected chi connectivity index (χ1v) is 16.6. The van der Waals surface area contributed by atoms with Crippen molar-refractivity contribution in [3.8, 4) is 56.2 Å². The minimum absolute atomic E-state index is 0. The third-order valence-corrected chi connectivity index (χ3v) is 9.32. The topological polar surface area (TPSA) is 50.9 Å². The summed E-state index contributed by atoms with van der Waals surface area (Å²) in [6.45, 7) is 8.89. The van der Waals surface area contributed by atoms with Gasteiger partial charge in [-0.2, -0.15) is 0 Å². The monoisotopic (exact) mass is 829 g/mol. The van der Waals surface area contributed by atoms with Crippen molar-refractivity contribution in [1.29, 1.82) is 0 Å². The summed E-state index contributed by atoms with van der Waals surface area (Å²) in [5.41, 5.74) is 12.9. The molecule has 0 aliphatic rings. The van der Waals surface area contributed by atoms with Gasteiger partial charge in [0.05, 0.1) is 16.9 Å². The van der Waals surface area contributed by atoms with Crippen molar-refractivity contribution < 1.29 is 26.2 Å². The summed E-state index contributed by atoms with van der Waals surface area (Å²) in [5.74, 6) is 1.01. The largest absolute Gasteiger partial charge is 0.507 e. The molecule has 6 aromatic carbocycles. The molecule has 248 valence electrons. The van der Waals surface area contributed by atoms with Crippen LogP contribution in [-0.4, -0.2) is 19.6 Å². The summed E-state index contributed by atoms with van der Waals surface area (Å²) in [6.07, 6.45) is 1.85. The molecule has 4 nitrogen and oxygen atoms in total. The van der Waals surface area contributed by atoms with Gasteiger partial charge in [-0.05, 0) is 70.3 Å². The molecule has 0 saturated heterocycles. The molecular formula is C45H36N3OPt-. The fourth-order valence-corrected chi connectivity index (χ4v) is 6.77. The van der Waals surface area contributed by atoms with Crippen molar-refractivity contribution in [3.63, 3.8) is 0 Å². The third-order valence-electron chi connectivity index (χ3n) is 9.32. The predicted octanol–water partition coefficient (Wildman–Crippen LogP) is 11.4. The second-order valence-corrected chi connectivity index (χ2v) is 13.7. The molecule has 0 aliphatic carbocycles. The molecule has 0 saturated carbocycles. The van der Waals surface area contributed by atoms with Crippen LogP contribution in [0.15, 0.2) is 140 Å². The van der Waals surface area contributed by atoms with Gasteiger partial charge in [0, 0.05) is 49.6 Å². The first-order valence-electron chi connectivity index (χ1n) is 16.6. The number of hydrogen-bond acceptors (Lipinski definition) is 3. The molecular weight excluding hydrogens is 794 g/mol. The second kappa shape index (κ2) is 13.2. The van der Waals surface area contributed by atoms with Crippen molar-refractivity contribution >= 4 is 21.9 Å². The number of hydrogen-bond donors (Lipinski definition) is 1. The molecule has 0 aliphatic heterocycles. The summed E-state index contributed by atoms with van der Waals surface area (Å²) in [5, 5.41) is 12.0. The Morgan fingerprint density at radius 3 is 2.16 bits per heavy atom. The zero-order chi connectivity index (χ0) is 33.7. The molecule has 0 bridgehead atoms. The quantitative estimate of drug-likeness (QED) is 0.176. The SMILES string of the molecule is Cc1cc(C(C)(C)C)ccc1-n1c(-c2[c-]c(-c3cc(-c4ccccc4)cc4cccnc34)ccc2)nc2c(-c3ccccc3O)cccc21.[Pt]. The Labute approximate surface area is 307 Å². The molecule has 0 spiro atoms. The van der Waals surface area contributed by atoms with Gasteiger partial charge in [-0.1, -0.05) is 117 Å². The molecule has 0 atom stereocenters. The van der Waals surface area contributed by atoms with Gasteiger partial charge in [0.25, 0.3) is 0 Å². The third kappa shape index (κ3) is 5.95. The van der Waals surface area contributed by atoms with Crippen molar-refractivity contribution in [2.45, 2.75) is 33.1 Å². The van der Waals surface area contributed by atoms with Crippen molar-refractivity contribution in [2.75, 3.05) is 0 Å². The number of rotatable bonds is 5. The molecule has 1 N–H and O–H groups in total. The number of para-hydroxylation sites is 2. The molecule has 50 heavy (non-hydrogen) atoms. The van der Waals surface area contributed by atoms with E-state index in [4.69, 9.17) is 9.97 Å². The number of nitrogens with zero attached hydrogens (tertiary/aromatic N) is 3. The molecule has 2 heterocycles. The number of aromatic nitrogens is 3. The van der Waals surface area contributed by atoms with Crippen LogP contribution < -0.4 is 0 Å². The van der Waals surface area contributed by atoms with E-state index < -0.39 is 0 Å². The van der Waals surface area contributed by atoms with E-state index in [1.54, 1.807) is 6.07 Å². The first kappa shape index (κ1) is 33.2. The van der Waals surface area contributed by atoms with E-state index in [1.165, 1.54) is 5.56 Å². The summed E-state index contributed by atoms with van der Waals surface area (Å²) in [7, 11) is 0. The van der Waals surface area contributed by atoms with E-state index in [1.807, 2.05) is 48.7 Å². The first-order chi connectivity index (χ1) is 23.8. The van der Waals surface area contributed by atoms with Crippen LogP contribution in [0.4, 0.5) is 0 Å². The van der Waals surface area contributed by atoms with Gasteiger partial charge in [-0.3, -0.25) is 9.97 Å². The fourth-order valence-electron chi connectivity index (χ4n) is 6.77. The van der Waals surface area contributed by atoms with E-state index in [2.05, 4.69) is 123 Å². The van der Waals surface area contributed by atoms with Gasteiger partial charge in [0.2, 0.25) is 0 Å². The van der Waals surface area contributed by atoms with Crippen LogP contribution >= 0.6 is 0 Å². The Morgan fingerprint density at radius 1 is 0.640 bits per heavy atom. The van der Waals surface area contributed by atoms with Gasteiger partial charge < -0.3 is 9.67 Å². The van der Waals surface area contributed by atoms with E-state index in [9.17, 15) is 5.11 Å². The average Bonchev–Trinajstić information content (AvgIpc) is 3.51. The number of pyridine rings is 1. The number of imidazole rings is 1. The Kier molecular flexibility index (Phi) is 8.76. The number of phenolic OH excluding ortho intramolecular Hbond substituents is 1. The van der Waals surface area contributed by atoms with Crippen molar-refractivity contribution in [1.82, 2.24) is 14.5 Å². The van der Waals surface area contributed by atoms with Gasteiger partial charge in [-0.15, -0.1) is 29.8 Å². The van der Waals surface area contributed by atoms with E-state index in [0.29, 0.717) is 0 Å². The predicted molar refractivity (Wildman–Crippen MR) is 202 cm³/mol. The summed E-state index contributed by atoms with van der Waals surface area (Å²) >= 11 is 0. The zero-order valence-electron chi connectivity index (χ0n) is 28.4. The minimum atomic E-state index is 0. The fraction of sp³-hybridized carbons (Fsp3) is 0.111. The molecule has 8 aromatic rings. The average molecular weight is 830 g/mol. The van der Waals surface area contributed by atoms with Gasteiger partial charge in [-0.25, -0.2) is 0 Å². The molecule has 5 heteroatoms. The van der Waals surface area contributed by atoms with Crippen LogP contribution in [0, 0.1) is 13.0 Å². The maximum absolute atomic E-state index is 10.9. The summed E-state index contributed by atoms with van der Waals surface area (Å²) in [6, 6.07) is 49.3. The van der Waals surface area contributed by atoms with Gasteiger partial charge in [0.1, 0.15) is 5.75 Å². The van der Waals surface area contributed by atoms with Crippen molar-refractivity contribution in [2.24, 2.45) is 0 Å². The Balaban J connectivity index is 0.00000392. The molecule has 0 unspecified atom stereocenters. The Hall–Kier alpha value is -5.31. The maximum Gasteiger partial charge on any atom is 0.123 e. The number of phenols is 1. The smallest absolute Gasteiger partial charge is 0.123 e. The van der Waals surface area contributed by atoms with Gasteiger partial charge in [0.15, 0.2) is 0 Å². The van der Waals surface area contributed by atoms with Crippen molar-refractivity contribution in [3.05, 3.63) is 157 Å². The molecule has 0 amide bonds. The maximum atomic E-state index is 10.9. The number of aromatic hydroxyl groups is 1. The Morgan fingerprint density at radius 2 is 1.38 bits per heavy atom. The number of aryl methyl sites for hydroxylation is 1. The van der Waals surface area contributed by atoms with Crippen LogP contribution in [0.5, 0.6) is 5.75 Å². The molecule has 2 aromatic heterocycles. The van der Waals surface area contributed by atoms with E-state index in [0.717, 1.165) is 78.0 Å². The van der Waals surface area contributed by atoms with Crippen LogP contribution in [0.3, 0.4) is 0 Å². The standard InChI is InChI=1S/C45H36N3O.Pt/c1-29-25-35(45(2,3)4)22-23-39(29)48-40-20-11-19-37(36-18-8-9-21-41(36)49)43(40)47-44(48)33-16-10-15-31(26-33)38-28-34(30-13-6-5-7-14-30)27-32-17-12-24-46-42(32)38;/h5-25,27-28,49H,1-4H3;/q-1;. The summed E-state index contributed by atoms with van der Waals surface area (Å²) in [4.78, 5) is 10.2. The molecule has 0 radical (unpaired) electrons. The van der Waals surface area contributed by atoms with E-state index >= 15 is 0 Å².